The van der Waals surface area contributed by atoms with Crippen LogP contribution >= 0.6 is 11.6 Å². The van der Waals surface area contributed by atoms with Crippen LogP contribution in [0.25, 0.3) is 11.1 Å². The van der Waals surface area contributed by atoms with Crippen LogP contribution in [0.4, 0.5) is 0 Å². The maximum absolute atomic E-state index is 11.9. The average molecular weight is 569 g/mol. The van der Waals surface area contributed by atoms with Crippen LogP contribution in [0.2, 0.25) is 0 Å². The average Bonchev–Trinajstić information content (AvgIpc) is 2.99. The van der Waals surface area contributed by atoms with Crippen LogP contribution in [-0.4, -0.2) is 55.5 Å². The van der Waals surface area contributed by atoms with E-state index in [0.29, 0.717) is 44.5 Å². The summed E-state index contributed by atoms with van der Waals surface area (Å²) >= 11 is 6.08. The first kappa shape index (κ1) is 32.6. The molecule has 0 amide bonds. The van der Waals surface area contributed by atoms with E-state index < -0.39 is 17.3 Å². The Labute approximate surface area is 241 Å². The molecule has 0 aliphatic heterocycles. The molecule has 3 aromatic rings. The highest BCUT2D eigenvalue weighted by Crippen LogP contribution is 2.23. The Morgan fingerprint density at radius 3 is 2.02 bits per heavy atom. The fourth-order valence-corrected chi connectivity index (χ4v) is 3.48. The molecule has 2 atom stereocenters. The molecule has 0 aliphatic carbocycles. The van der Waals surface area contributed by atoms with Gasteiger partial charge >= 0.3 is 11.9 Å². The molecule has 0 radical (unpaired) electrons. The van der Waals surface area contributed by atoms with Crippen molar-refractivity contribution in [1.29, 1.82) is 0 Å². The molecule has 0 heterocycles. The van der Waals surface area contributed by atoms with Gasteiger partial charge in [0.1, 0.15) is 23.5 Å². The first-order valence-electron chi connectivity index (χ1n) is 13.1. The van der Waals surface area contributed by atoms with Gasteiger partial charge in [-0.2, -0.15) is 0 Å². The fraction of sp³-hybridized carbons (Fsp3) is 0.312. The summed E-state index contributed by atoms with van der Waals surface area (Å²) in [5.74, 6) is -0.0965. The lowest BCUT2D eigenvalue weighted by Gasteiger charge is -2.15. The van der Waals surface area contributed by atoms with Gasteiger partial charge in [-0.3, -0.25) is 4.79 Å². The third-order valence-electron chi connectivity index (χ3n) is 5.75. The van der Waals surface area contributed by atoms with Crippen molar-refractivity contribution in [2.45, 2.75) is 25.6 Å². The lowest BCUT2D eigenvalue weighted by atomic mass is 10.0. The molecule has 0 aliphatic rings. The summed E-state index contributed by atoms with van der Waals surface area (Å²) in [7, 11) is 0. The van der Waals surface area contributed by atoms with Crippen LogP contribution in [0, 0.1) is 5.92 Å². The number of hydrogen-bond donors (Lipinski definition) is 1. The van der Waals surface area contributed by atoms with Crippen LogP contribution in [-0.2, 0) is 14.3 Å². The first-order valence-corrected chi connectivity index (χ1v) is 13.5. The Hall–Kier alpha value is -3.65. The molecule has 0 spiro atoms. The normalized spacial score (nSPS) is 11.9. The third kappa shape index (κ3) is 12.0. The smallest absolute Gasteiger partial charge is 0.335 e. The summed E-state index contributed by atoms with van der Waals surface area (Å²) in [6, 6.07) is 23.8. The number of ether oxygens (including phenoxy) is 4. The van der Waals surface area contributed by atoms with Crippen LogP contribution in [0.5, 0.6) is 11.5 Å². The molecule has 0 saturated heterocycles. The molecular formula is C32H37ClO7. The highest BCUT2D eigenvalue weighted by Gasteiger charge is 2.23. The zero-order chi connectivity index (χ0) is 29.2. The molecule has 7 nitrogen and oxygen atoms in total. The van der Waals surface area contributed by atoms with E-state index >= 15 is 0 Å². The zero-order valence-electron chi connectivity index (χ0n) is 23.0. The maximum atomic E-state index is 11.9. The van der Waals surface area contributed by atoms with E-state index in [1.807, 2.05) is 56.3 Å². The van der Waals surface area contributed by atoms with Crippen molar-refractivity contribution in [3.63, 3.8) is 0 Å². The number of carboxylic acid groups (broad SMARTS) is 1. The summed E-state index contributed by atoms with van der Waals surface area (Å²) < 4.78 is 21.1. The van der Waals surface area contributed by atoms with E-state index in [4.69, 9.17) is 35.7 Å². The van der Waals surface area contributed by atoms with Gasteiger partial charge in [0.15, 0.2) is 0 Å². The Morgan fingerprint density at radius 1 is 0.850 bits per heavy atom. The number of hydrogen-bond acceptors (Lipinski definition) is 6. The summed E-state index contributed by atoms with van der Waals surface area (Å²) in [5, 5.41) is 8.12. The summed E-state index contributed by atoms with van der Waals surface area (Å²) in [4.78, 5) is 22.6. The number of carbonyl (C=O) groups excluding carboxylic acids is 1. The summed E-state index contributed by atoms with van der Waals surface area (Å²) in [5.41, 5.74) is 2.45. The molecule has 0 saturated carbocycles. The van der Waals surface area contributed by atoms with Gasteiger partial charge < -0.3 is 24.1 Å². The number of aromatic carboxylic acids is 1. The second-order valence-electron chi connectivity index (χ2n) is 8.75. The number of rotatable bonds is 15. The molecule has 214 valence electrons. The maximum Gasteiger partial charge on any atom is 0.335 e. The second-order valence-corrected chi connectivity index (χ2v) is 9.22. The van der Waals surface area contributed by atoms with Gasteiger partial charge in [-0.25, -0.2) is 4.79 Å². The zero-order valence-corrected chi connectivity index (χ0v) is 23.7. The predicted octanol–water partition coefficient (Wildman–Crippen LogP) is 6.90. The Bertz CT molecular complexity index is 1150. The topological polar surface area (TPSA) is 91.3 Å². The van der Waals surface area contributed by atoms with Crippen molar-refractivity contribution in [1.82, 2.24) is 0 Å². The van der Waals surface area contributed by atoms with E-state index in [1.165, 1.54) is 12.1 Å². The molecule has 0 bridgehead atoms. The van der Waals surface area contributed by atoms with Crippen LogP contribution in [0.15, 0.2) is 91.5 Å². The molecular weight excluding hydrogens is 532 g/mol. The van der Waals surface area contributed by atoms with Crippen molar-refractivity contribution in [3.8, 4) is 22.6 Å². The number of benzene rings is 3. The number of carboxylic acids is 1. The minimum atomic E-state index is -0.950. The molecule has 3 rings (SSSR count). The van der Waals surface area contributed by atoms with Crippen molar-refractivity contribution in [2.75, 3.05) is 33.0 Å². The van der Waals surface area contributed by atoms with Crippen molar-refractivity contribution in [3.05, 3.63) is 97.1 Å². The second kappa shape index (κ2) is 18.6. The molecule has 3 aromatic carbocycles. The summed E-state index contributed by atoms with van der Waals surface area (Å²) in [6.07, 6.45) is 2.53. The lowest BCUT2D eigenvalue weighted by Crippen LogP contribution is -2.26. The Kier molecular flexibility index (Phi) is 15.1. The van der Waals surface area contributed by atoms with Crippen LogP contribution in [0.1, 0.15) is 30.6 Å². The number of esters is 1. The molecule has 8 heteroatoms. The molecule has 40 heavy (non-hydrogen) atoms. The minimum absolute atomic E-state index is 0.0998. The quantitative estimate of drug-likeness (QED) is 0.0701. The molecule has 0 aromatic heterocycles. The van der Waals surface area contributed by atoms with E-state index in [2.05, 4.69) is 6.58 Å². The van der Waals surface area contributed by atoms with Gasteiger partial charge in [-0.1, -0.05) is 68.8 Å². The summed E-state index contributed by atoms with van der Waals surface area (Å²) in [6.45, 7) is 9.91. The first-order chi connectivity index (χ1) is 19.3. The van der Waals surface area contributed by atoms with Gasteiger partial charge in [0.25, 0.3) is 0 Å². The standard InChI is InChI=1S/C18H19ClO2.C14H18O5/c1-3-13(2)17(19)18(20)21-16-11-9-15(10-12-16)14-7-5-4-6-8-14;1-2-7-17-8-9-18-10-11-19-13-5-3-12(4-6-13)14(15)16/h4-13,17H,3H2,1-2H3;2-6H,1,7-11H2,(H,15,16)/t13-,17-;/m0./s1. The Balaban J connectivity index is 0.000000282. The number of halogens is 1. The van der Waals surface area contributed by atoms with Crippen LogP contribution in [0.3, 0.4) is 0 Å². The lowest BCUT2D eigenvalue weighted by molar-refractivity contribution is -0.134. The van der Waals surface area contributed by atoms with Gasteiger partial charge in [0, 0.05) is 0 Å². The van der Waals surface area contributed by atoms with Gasteiger partial charge in [0.2, 0.25) is 0 Å². The van der Waals surface area contributed by atoms with Gasteiger partial charge in [0.05, 0.1) is 32.0 Å². The van der Waals surface area contributed by atoms with Gasteiger partial charge in [-0.15, -0.1) is 18.2 Å². The largest absolute Gasteiger partial charge is 0.491 e. The van der Waals surface area contributed by atoms with Gasteiger partial charge in [-0.05, 0) is 53.4 Å². The minimum Gasteiger partial charge on any atom is -0.491 e. The van der Waals surface area contributed by atoms with E-state index in [1.54, 1.807) is 30.3 Å². The number of alkyl halides is 1. The van der Waals surface area contributed by atoms with E-state index in [0.717, 1.165) is 17.5 Å². The Morgan fingerprint density at radius 2 is 1.43 bits per heavy atom. The SMILES string of the molecule is C=CCOCCOCCOc1ccc(C(=O)O)cc1.CC[C@H](C)[C@H](Cl)C(=O)Oc1ccc(-c2ccccc2)cc1. The van der Waals surface area contributed by atoms with Crippen LogP contribution < -0.4 is 9.47 Å². The van der Waals surface area contributed by atoms with E-state index in [-0.39, 0.29) is 11.5 Å². The molecule has 1 N–H and O–H groups in total. The fourth-order valence-electron chi connectivity index (χ4n) is 3.26. The molecule has 0 unspecified atom stereocenters. The van der Waals surface area contributed by atoms with Crippen molar-refractivity contribution in [2.24, 2.45) is 5.92 Å². The number of carbonyl (C=O) groups is 2. The highest BCUT2D eigenvalue weighted by molar-refractivity contribution is 6.30. The van der Waals surface area contributed by atoms with E-state index in [9.17, 15) is 9.59 Å². The predicted molar refractivity (Wildman–Crippen MR) is 157 cm³/mol. The highest BCUT2D eigenvalue weighted by atomic mass is 35.5. The third-order valence-corrected chi connectivity index (χ3v) is 6.36. The molecule has 0 fully saturated rings. The monoisotopic (exact) mass is 568 g/mol. The van der Waals surface area contributed by atoms with Crippen molar-refractivity contribution < 1.29 is 33.6 Å². The van der Waals surface area contributed by atoms with Crippen molar-refractivity contribution >= 4 is 23.5 Å².